The standard InChI is InChI=1S/C14H18N4O3/c1-21-13-4-5-17(12(6-13)9-16)11-3-2-10(8-15)14(7-11)18(19)20/h2-3,7,12-13H,4-6,9,16H2,1H3. The summed E-state index contributed by atoms with van der Waals surface area (Å²) >= 11 is 0. The Morgan fingerprint density at radius 1 is 1.62 bits per heavy atom. The minimum atomic E-state index is -0.526. The highest BCUT2D eigenvalue weighted by molar-refractivity contribution is 5.61. The molecule has 0 aromatic heterocycles. The van der Waals surface area contributed by atoms with E-state index in [9.17, 15) is 10.1 Å². The lowest BCUT2D eigenvalue weighted by Crippen LogP contribution is -2.48. The van der Waals surface area contributed by atoms with Gasteiger partial charge in [-0.3, -0.25) is 10.1 Å². The van der Waals surface area contributed by atoms with Crippen molar-refractivity contribution < 1.29 is 9.66 Å². The van der Waals surface area contributed by atoms with E-state index in [2.05, 4.69) is 4.90 Å². The van der Waals surface area contributed by atoms with Crippen LogP contribution in [0.4, 0.5) is 11.4 Å². The van der Waals surface area contributed by atoms with Gasteiger partial charge in [-0.15, -0.1) is 0 Å². The highest BCUT2D eigenvalue weighted by Gasteiger charge is 2.29. The van der Waals surface area contributed by atoms with Gasteiger partial charge in [-0.1, -0.05) is 0 Å². The third-order valence-electron chi connectivity index (χ3n) is 3.90. The van der Waals surface area contributed by atoms with Crippen molar-refractivity contribution in [1.29, 1.82) is 5.26 Å². The molecule has 1 fully saturated rings. The molecule has 1 aromatic rings. The van der Waals surface area contributed by atoms with Gasteiger partial charge in [-0.25, -0.2) is 0 Å². The molecular formula is C14H18N4O3. The molecule has 7 heteroatoms. The predicted molar refractivity (Wildman–Crippen MR) is 78.0 cm³/mol. The van der Waals surface area contributed by atoms with E-state index in [1.54, 1.807) is 13.2 Å². The molecule has 2 N–H and O–H groups in total. The zero-order valence-corrected chi connectivity index (χ0v) is 11.9. The minimum absolute atomic E-state index is 0.0693. The van der Waals surface area contributed by atoms with E-state index < -0.39 is 4.92 Å². The van der Waals surface area contributed by atoms with Crippen LogP contribution in [0.3, 0.4) is 0 Å². The Morgan fingerprint density at radius 3 is 2.95 bits per heavy atom. The largest absolute Gasteiger partial charge is 0.381 e. The molecule has 1 aromatic carbocycles. The number of nitriles is 1. The van der Waals surface area contributed by atoms with Gasteiger partial charge in [0, 0.05) is 38.0 Å². The number of nitro benzene ring substituents is 1. The van der Waals surface area contributed by atoms with Gasteiger partial charge in [0.05, 0.1) is 11.0 Å². The van der Waals surface area contributed by atoms with Gasteiger partial charge in [0.15, 0.2) is 0 Å². The summed E-state index contributed by atoms with van der Waals surface area (Å²) in [5, 5.41) is 20.0. The summed E-state index contributed by atoms with van der Waals surface area (Å²) in [7, 11) is 1.68. The third-order valence-corrected chi connectivity index (χ3v) is 3.90. The lowest BCUT2D eigenvalue weighted by molar-refractivity contribution is -0.385. The summed E-state index contributed by atoms with van der Waals surface area (Å²) in [5.41, 5.74) is 6.45. The molecule has 112 valence electrons. The Kier molecular flexibility index (Phi) is 4.73. The summed E-state index contributed by atoms with van der Waals surface area (Å²) in [4.78, 5) is 12.6. The average Bonchev–Trinajstić information content (AvgIpc) is 2.53. The highest BCUT2D eigenvalue weighted by Crippen LogP contribution is 2.30. The van der Waals surface area contributed by atoms with Crippen LogP contribution in [0.25, 0.3) is 0 Å². The van der Waals surface area contributed by atoms with E-state index in [0.29, 0.717) is 6.54 Å². The topological polar surface area (TPSA) is 105 Å². The molecule has 2 rings (SSSR count). The Balaban J connectivity index is 2.31. The van der Waals surface area contributed by atoms with Crippen LogP contribution in [-0.2, 0) is 4.74 Å². The summed E-state index contributed by atoms with van der Waals surface area (Å²) in [6.45, 7) is 1.18. The van der Waals surface area contributed by atoms with Crippen LogP contribution in [0.2, 0.25) is 0 Å². The second-order valence-corrected chi connectivity index (χ2v) is 5.04. The molecule has 0 radical (unpaired) electrons. The quantitative estimate of drug-likeness (QED) is 0.664. The number of hydrogen-bond donors (Lipinski definition) is 1. The van der Waals surface area contributed by atoms with Crippen LogP contribution in [-0.4, -0.2) is 37.3 Å². The van der Waals surface area contributed by atoms with Gasteiger partial charge in [-0.2, -0.15) is 5.26 Å². The van der Waals surface area contributed by atoms with Crippen LogP contribution >= 0.6 is 0 Å². The molecule has 0 saturated carbocycles. The Morgan fingerprint density at radius 2 is 2.38 bits per heavy atom. The van der Waals surface area contributed by atoms with E-state index in [4.69, 9.17) is 15.7 Å². The SMILES string of the molecule is COC1CCN(c2ccc(C#N)c([N+](=O)[O-])c2)C(CN)C1. The average molecular weight is 290 g/mol. The number of ether oxygens (including phenoxy) is 1. The van der Waals surface area contributed by atoms with Crippen molar-refractivity contribution in [2.24, 2.45) is 5.73 Å². The van der Waals surface area contributed by atoms with Gasteiger partial charge >= 0.3 is 0 Å². The van der Waals surface area contributed by atoms with Crippen LogP contribution in [0.5, 0.6) is 0 Å². The van der Waals surface area contributed by atoms with Crippen molar-refractivity contribution in [3.8, 4) is 6.07 Å². The van der Waals surface area contributed by atoms with Crippen molar-refractivity contribution in [2.45, 2.75) is 25.0 Å². The number of nitrogens with zero attached hydrogens (tertiary/aromatic N) is 3. The number of nitro groups is 1. The molecule has 0 bridgehead atoms. The molecule has 7 nitrogen and oxygen atoms in total. The van der Waals surface area contributed by atoms with Gasteiger partial charge in [0.25, 0.3) is 5.69 Å². The zero-order chi connectivity index (χ0) is 15.4. The molecule has 0 spiro atoms. The molecule has 2 unspecified atom stereocenters. The fraction of sp³-hybridized carbons (Fsp3) is 0.500. The lowest BCUT2D eigenvalue weighted by Gasteiger charge is -2.40. The normalized spacial score (nSPS) is 21.9. The summed E-state index contributed by atoms with van der Waals surface area (Å²) in [5.74, 6) is 0. The number of nitrogens with two attached hydrogens (primary N) is 1. The molecule has 1 aliphatic heterocycles. The first-order valence-electron chi connectivity index (χ1n) is 6.78. The van der Waals surface area contributed by atoms with Gasteiger partial charge in [-0.05, 0) is 25.0 Å². The smallest absolute Gasteiger partial charge is 0.289 e. The summed E-state index contributed by atoms with van der Waals surface area (Å²) in [6.07, 6.45) is 1.81. The van der Waals surface area contributed by atoms with Crippen LogP contribution < -0.4 is 10.6 Å². The predicted octanol–water partition coefficient (Wildman–Crippen LogP) is 1.41. The number of methoxy groups -OCH3 is 1. The summed E-state index contributed by atoms with van der Waals surface area (Å²) < 4.78 is 5.37. The fourth-order valence-electron chi connectivity index (χ4n) is 2.74. The van der Waals surface area contributed by atoms with Crippen molar-refractivity contribution in [3.05, 3.63) is 33.9 Å². The molecule has 0 aliphatic carbocycles. The highest BCUT2D eigenvalue weighted by atomic mass is 16.6. The summed E-state index contributed by atoms with van der Waals surface area (Å²) in [6, 6.07) is 6.60. The maximum absolute atomic E-state index is 11.1. The van der Waals surface area contributed by atoms with Crippen LogP contribution in [0.15, 0.2) is 18.2 Å². The third kappa shape index (κ3) is 3.12. The van der Waals surface area contributed by atoms with Crippen molar-refractivity contribution in [3.63, 3.8) is 0 Å². The van der Waals surface area contributed by atoms with E-state index in [1.165, 1.54) is 12.1 Å². The van der Waals surface area contributed by atoms with Crippen LogP contribution in [0.1, 0.15) is 18.4 Å². The van der Waals surface area contributed by atoms with Crippen molar-refractivity contribution >= 4 is 11.4 Å². The van der Waals surface area contributed by atoms with Crippen LogP contribution in [0, 0.1) is 21.4 Å². The molecule has 1 heterocycles. The fourth-order valence-corrected chi connectivity index (χ4v) is 2.74. The van der Waals surface area contributed by atoms with Gasteiger partial charge in [0.2, 0.25) is 0 Å². The van der Waals surface area contributed by atoms with Crippen molar-refractivity contribution in [1.82, 2.24) is 0 Å². The van der Waals surface area contributed by atoms with Gasteiger partial charge in [0.1, 0.15) is 11.6 Å². The molecule has 2 atom stereocenters. The van der Waals surface area contributed by atoms with Crippen molar-refractivity contribution in [2.75, 3.05) is 25.1 Å². The monoisotopic (exact) mass is 290 g/mol. The first-order valence-corrected chi connectivity index (χ1v) is 6.78. The lowest BCUT2D eigenvalue weighted by atomic mass is 9.98. The first-order chi connectivity index (χ1) is 10.1. The number of piperidine rings is 1. The minimum Gasteiger partial charge on any atom is -0.381 e. The molecule has 1 aliphatic rings. The Hall–Kier alpha value is -2.17. The van der Waals surface area contributed by atoms with E-state index in [1.807, 2.05) is 6.07 Å². The Labute approximate surface area is 123 Å². The molecule has 21 heavy (non-hydrogen) atoms. The maximum atomic E-state index is 11.1. The maximum Gasteiger partial charge on any atom is 0.289 e. The van der Waals surface area contributed by atoms with E-state index in [-0.39, 0.29) is 23.4 Å². The first kappa shape index (κ1) is 15.2. The second kappa shape index (κ2) is 6.52. The number of rotatable bonds is 4. The Bertz CT molecular complexity index is 570. The molecular weight excluding hydrogens is 272 g/mol. The zero-order valence-electron chi connectivity index (χ0n) is 11.9. The molecule has 0 amide bonds. The number of hydrogen-bond acceptors (Lipinski definition) is 6. The van der Waals surface area contributed by atoms with E-state index >= 15 is 0 Å². The number of anilines is 1. The van der Waals surface area contributed by atoms with Gasteiger partial charge < -0.3 is 15.4 Å². The second-order valence-electron chi connectivity index (χ2n) is 5.04. The molecule has 1 saturated heterocycles. The number of benzene rings is 1. The van der Waals surface area contributed by atoms with E-state index in [0.717, 1.165) is 25.1 Å².